The van der Waals surface area contributed by atoms with Crippen LogP contribution in [0.2, 0.25) is 0 Å². The van der Waals surface area contributed by atoms with Crippen LogP contribution in [0.15, 0.2) is 38.7 Å². The molecule has 1 aliphatic heterocycles. The van der Waals surface area contributed by atoms with Gasteiger partial charge in [0.15, 0.2) is 0 Å². The highest BCUT2D eigenvalue weighted by atomic mass is 79.9. The van der Waals surface area contributed by atoms with Gasteiger partial charge >= 0.3 is 0 Å². The Labute approximate surface area is 143 Å². The minimum Gasteiger partial charge on any atom is -0.302 e. The van der Waals surface area contributed by atoms with Crippen molar-refractivity contribution in [3.05, 3.63) is 56.2 Å². The molecule has 0 bridgehead atoms. The van der Waals surface area contributed by atoms with E-state index in [0.717, 1.165) is 10.0 Å². The second-order valence-corrected chi connectivity index (χ2v) is 8.38. The first kappa shape index (κ1) is 16.4. The van der Waals surface area contributed by atoms with Crippen LogP contribution < -0.4 is 5.56 Å². The van der Waals surface area contributed by atoms with Crippen molar-refractivity contribution in [1.82, 2.24) is 13.9 Å². The molecule has 0 unspecified atom stereocenters. The predicted octanol–water partition coefficient (Wildman–Crippen LogP) is 1.60. The summed E-state index contributed by atoms with van der Waals surface area (Å²) in [6.07, 6.45) is 1.81. The maximum absolute atomic E-state index is 12.8. The first-order chi connectivity index (χ1) is 10.8. The van der Waals surface area contributed by atoms with Gasteiger partial charge in [-0.3, -0.25) is 4.79 Å². The Bertz CT molecular complexity index is 937. The molecular weight excluding hydrogens is 382 g/mol. The number of hydrogen-bond acceptors (Lipinski definition) is 4. The van der Waals surface area contributed by atoms with E-state index in [1.165, 1.54) is 15.2 Å². The monoisotopic (exact) mass is 397 g/mol. The Hall–Kier alpha value is -1.51. The third kappa shape index (κ3) is 2.86. The van der Waals surface area contributed by atoms with E-state index in [2.05, 4.69) is 20.9 Å². The Morgan fingerprint density at radius 1 is 1.30 bits per heavy atom. The lowest BCUT2D eigenvalue weighted by Gasteiger charge is -2.27. The fraction of sp³-hybridized carbons (Fsp3) is 0.333. The smallest absolute Gasteiger partial charge is 0.256 e. The van der Waals surface area contributed by atoms with Gasteiger partial charge < -0.3 is 4.57 Å². The van der Waals surface area contributed by atoms with Crippen molar-refractivity contribution in [2.75, 3.05) is 6.54 Å². The molecule has 8 heteroatoms. The van der Waals surface area contributed by atoms with Crippen molar-refractivity contribution in [2.24, 2.45) is 7.05 Å². The van der Waals surface area contributed by atoms with Gasteiger partial charge in [0.1, 0.15) is 0 Å². The number of nitrogens with zero attached hydrogens (tertiary/aromatic N) is 3. The maximum Gasteiger partial charge on any atom is 0.256 e. The lowest BCUT2D eigenvalue weighted by molar-refractivity contribution is 0.382. The van der Waals surface area contributed by atoms with Gasteiger partial charge in [0.2, 0.25) is 10.0 Å². The van der Waals surface area contributed by atoms with Gasteiger partial charge in [0, 0.05) is 23.6 Å². The molecule has 0 N–H and O–H groups in total. The van der Waals surface area contributed by atoms with Gasteiger partial charge in [-0.05, 0) is 31.0 Å². The van der Waals surface area contributed by atoms with Crippen LogP contribution in [0.1, 0.15) is 16.8 Å². The molecule has 0 amide bonds. The minimum atomic E-state index is -3.61. The molecule has 0 saturated heterocycles. The molecule has 0 spiro atoms. The summed E-state index contributed by atoms with van der Waals surface area (Å²) in [7, 11) is -1.97. The summed E-state index contributed by atoms with van der Waals surface area (Å²) in [4.78, 5) is 16.5. The molecule has 122 valence electrons. The third-order valence-electron chi connectivity index (χ3n) is 4.03. The highest BCUT2D eigenvalue weighted by molar-refractivity contribution is 9.10. The number of hydrogen-bond donors (Lipinski definition) is 0. The molecule has 6 nitrogen and oxygen atoms in total. The molecule has 1 aromatic carbocycles. The van der Waals surface area contributed by atoms with Crippen molar-refractivity contribution >= 4 is 26.0 Å². The van der Waals surface area contributed by atoms with E-state index in [0.29, 0.717) is 17.7 Å². The van der Waals surface area contributed by atoms with Crippen molar-refractivity contribution < 1.29 is 8.42 Å². The van der Waals surface area contributed by atoms with Crippen molar-refractivity contribution in [2.45, 2.75) is 24.8 Å². The van der Waals surface area contributed by atoms with Gasteiger partial charge in [0.05, 0.1) is 23.5 Å². The normalized spacial score (nSPS) is 15.4. The summed E-state index contributed by atoms with van der Waals surface area (Å²) in [6.45, 7) is 2.30. The largest absolute Gasteiger partial charge is 0.302 e. The van der Waals surface area contributed by atoms with Gasteiger partial charge in [-0.25, -0.2) is 13.4 Å². The number of benzene rings is 1. The molecule has 0 aliphatic carbocycles. The average molecular weight is 398 g/mol. The van der Waals surface area contributed by atoms with Crippen molar-refractivity contribution in [3.63, 3.8) is 0 Å². The minimum absolute atomic E-state index is 0.106. The standard InChI is InChI=1S/C15H16BrN3O3S/c1-10-3-4-11(7-13(10)16)23(21,22)19-6-5-12-14(8-19)17-9-18(2)15(12)20/h3-4,7,9H,5-6,8H2,1-2H3. The Morgan fingerprint density at radius 2 is 2.04 bits per heavy atom. The van der Waals surface area contributed by atoms with Crippen LogP contribution in [0, 0.1) is 6.92 Å². The Balaban J connectivity index is 1.98. The van der Waals surface area contributed by atoms with Crippen LogP contribution in [-0.4, -0.2) is 28.8 Å². The van der Waals surface area contributed by atoms with Crippen molar-refractivity contribution in [1.29, 1.82) is 0 Å². The van der Waals surface area contributed by atoms with Crippen molar-refractivity contribution in [3.8, 4) is 0 Å². The molecule has 3 rings (SSSR count). The summed E-state index contributed by atoms with van der Waals surface area (Å²) in [5, 5.41) is 0. The van der Waals surface area contributed by atoms with E-state index in [9.17, 15) is 13.2 Å². The van der Waals surface area contributed by atoms with E-state index in [1.807, 2.05) is 6.92 Å². The summed E-state index contributed by atoms with van der Waals surface area (Å²) in [6, 6.07) is 4.98. The number of aryl methyl sites for hydroxylation is 2. The van der Waals surface area contributed by atoms with Crippen LogP contribution >= 0.6 is 15.9 Å². The molecular formula is C15H16BrN3O3S. The number of fused-ring (bicyclic) bond motifs is 1. The fourth-order valence-electron chi connectivity index (χ4n) is 2.58. The second-order valence-electron chi connectivity index (χ2n) is 5.59. The zero-order chi connectivity index (χ0) is 16.8. The maximum atomic E-state index is 12.8. The Kier molecular flexibility index (Phi) is 4.16. The molecule has 0 radical (unpaired) electrons. The summed E-state index contributed by atoms with van der Waals surface area (Å²) >= 11 is 3.37. The SMILES string of the molecule is Cc1ccc(S(=O)(=O)N2CCc3c(ncn(C)c3=O)C2)cc1Br. The van der Waals surface area contributed by atoms with E-state index in [1.54, 1.807) is 25.2 Å². The summed E-state index contributed by atoms with van der Waals surface area (Å²) in [5.41, 5.74) is 2.00. The highest BCUT2D eigenvalue weighted by Crippen LogP contribution is 2.26. The molecule has 1 aromatic heterocycles. The summed E-state index contributed by atoms with van der Waals surface area (Å²) in [5.74, 6) is 0. The van der Waals surface area contributed by atoms with Gasteiger partial charge in [-0.2, -0.15) is 4.31 Å². The van der Waals surface area contributed by atoms with Gasteiger partial charge in [-0.15, -0.1) is 0 Å². The van der Waals surface area contributed by atoms with Gasteiger partial charge in [0.25, 0.3) is 5.56 Å². The van der Waals surface area contributed by atoms with E-state index in [-0.39, 0.29) is 23.5 Å². The number of halogens is 1. The van der Waals surface area contributed by atoms with Crippen LogP contribution in [0.4, 0.5) is 0 Å². The number of rotatable bonds is 2. The molecule has 1 aliphatic rings. The van der Waals surface area contributed by atoms with E-state index >= 15 is 0 Å². The highest BCUT2D eigenvalue weighted by Gasteiger charge is 2.30. The molecule has 0 fully saturated rings. The first-order valence-electron chi connectivity index (χ1n) is 7.10. The van der Waals surface area contributed by atoms with Crippen LogP contribution in [0.25, 0.3) is 0 Å². The molecule has 23 heavy (non-hydrogen) atoms. The topological polar surface area (TPSA) is 72.3 Å². The summed E-state index contributed by atoms with van der Waals surface area (Å²) < 4.78 is 29.2. The second kappa shape index (κ2) is 5.85. The third-order valence-corrected chi connectivity index (χ3v) is 6.73. The van der Waals surface area contributed by atoms with Crippen LogP contribution in [-0.2, 0) is 30.0 Å². The molecule has 2 heterocycles. The molecule has 0 saturated carbocycles. The molecule has 0 atom stereocenters. The number of aromatic nitrogens is 2. The van der Waals surface area contributed by atoms with E-state index < -0.39 is 10.0 Å². The first-order valence-corrected chi connectivity index (χ1v) is 9.33. The number of sulfonamides is 1. The van der Waals surface area contributed by atoms with Crippen LogP contribution in [0.5, 0.6) is 0 Å². The Morgan fingerprint density at radius 3 is 2.74 bits per heavy atom. The molecule has 2 aromatic rings. The zero-order valence-electron chi connectivity index (χ0n) is 12.8. The predicted molar refractivity (Wildman–Crippen MR) is 89.7 cm³/mol. The lowest BCUT2D eigenvalue weighted by atomic mass is 10.1. The lowest BCUT2D eigenvalue weighted by Crippen LogP contribution is -2.40. The fourth-order valence-corrected chi connectivity index (χ4v) is 4.54. The zero-order valence-corrected chi connectivity index (χ0v) is 15.2. The quantitative estimate of drug-likeness (QED) is 0.771. The average Bonchev–Trinajstić information content (AvgIpc) is 2.53. The van der Waals surface area contributed by atoms with Crippen LogP contribution in [0.3, 0.4) is 0 Å². The van der Waals surface area contributed by atoms with E-state index in [4.69, 9.17) is 0 Å². The van der Waals surface area contributed by atoms with Gasteiger partial charge in [-0.1, -0.05) is 22.0 Å².